The number of hydrogen-bond acceptors (Lipinski definition) is 6. The monoisotopic (exact) mass is 349 g/mol. The van der Waals surface area contributed by atoms with Gasteiger partial charge in [0.25, 0.3) is 11.1 Å². The number of amides is 1. The summed E-state index contributed by atoms with van der Waals surface area (Å²) in [5.74, 6) is 0.700. The number of ether oxygens (including phenoxy) is 1. The van der Waals surface area contributed by atoms with E-state index in [9.17, 15) is 4.79 Å². The van der Waals surface area contributed by atoms with Gasteiger partial charge in [0, 0.05) is 17.5 Å². The molecule has 23 heavy (non-hydrogen) atoms. The lowest BCUT2D eigenvalue weighted by atomic mass is 9.84. The lowest BCUT2D eigenvalue weighted by Crippen LogP contribution is -2.57. The van der Waals surface area contributed by atoms with Crippen molar-refractivity contribution in [2.24, 2.45) is 5.92 Å². The quantitative estimate of drug-likeness (QED) is 0.922. The molecule has 2 aromatic rings. The molecule has 122 valence electrons. The maximum atomic E-state index is 12.5. The van der Waals surface area contributed by atoms with E-state index in [1.165, 1.54) is 48.6 Å². The highest BCUT2D eigenvalue weighted by molar-refractivity contribution is 7.23. The van der Waals surface area contributed by atoms with Gasteiger partial charge in [0.05, 0.1) is 23.1 Å². The van der Waals surface area contributed by atoms with Gasteiger partial charge in [0.1, 0.15) is 0 Å². The fourth-order valence-electron chi connectivity index (χ4n) is 3.43. The minimum absolute atomic E-state index is 0.0523. The predicted molar refractivity (Wildman–Crippen MR) is 92.4 cm³/mol. The van der Waals surface area contributed by atoms with Crippen molar-refractivity contribution in [2.75, 3.05) is 26.7 Å². The summed E-state index contributed by atoms with van der Waals surface area (Å²) < 4.78 is 5.13. The zero-order valence-electron chi connectivity index (χ0n) is 12.9. The van der Waals surface area contributed by atoms with Gasteiger partial charge in [0.2, 0.25) is 0 Å². The maximum absolute atomic E-state index is 12.5. The third-order valence-electron chi connectivity index (χ3n) is 4.70. The minimum atomic E-state index is 0.0523. The Labute approximate surface area is 143 Å². The Balaban J connectivity index is 1.45. The summed E-state index contributed by atoms with van der Waals surface area (Å²) in [6, 6.07) is 4.20. The van der Waals surface area contributed by atoms with Crippen LogP contribution in [0, 0.1) is 5.92 Å². The van der Waals surface area contributed by atoms with Crippen molar-refractivity contribution in [3.63, 3.8) is 0 Å². The third kappa shape index (κ3) is 3.00. The normalized spacial score (nSPS) is 26.2. The molecule has 3 aliphatic rings. The third-order valence-corrected chi connectivity index (χ3v) is 6.94. The van der Waals surface area contributed by atoms with Gasteiger partial charge in [-0.1, -0.05) is 11.3 Å². The molecule has 0 spiro atoms. The molecule has 5 nitrogen and oxygen atoms in total. The maximum Gasteiger partial charge on any atom is 0.273 e. The van der Waals surface area contributed by atoms with Crippen LogP contribution in [0.5, 0.6) is 5.19 Å². The van der Waals surface area contributed by atoms with Crippen molar-refractivity contribution < 1.29 is 9.53 Å². The molecule has 2 aromatic heterocycles. The van der Waals surface area contributed by atoms with Crippen LogP contribution in [0.4, 0.5) is 0 Å². The number of nitrogens with one attached hydrogen (secondary N) is 1. The van der Waals surface area contributed by atoms with Crippen LogP contribution in [0.15, 0.2) is 18.3 Å². The van der Waals surface area contributed by atoms with Gasteiger partial charge >= 0.3 is 0 Å². The molecule has 0 saturated carbocycles. The molecule has 5 heterocycles. The van der Waals surface area contributed by atoms with Gasteiger partial charge < -0.3 is 15.0 Å². The Morgan fingerprint density at radius 2 is 2.13 bits per heavy atom. The van der Waals surface area contributed by atoms with E-state index < -0.39 is 0 Å². The van der Waals surface area contributed by atoms with E-state index in [0.717, 1.165) is 21.2 Å². The van der Waals surface area contributed by atoms with Crippen LogP contribution in [0.3, 0.4) is 0 Å². The molecule has 0 aromatic carbocycles. The Bertz CT molecular complexity index is 704. The zero-order valence-corrected chi connectivity index (χ0v) is 14.6. The number of thiazole rings is 1. The summed E-state index contributed by atoms with van der Waals surface area (Å²) in [5.41, 5.74) is 0. The van der Waals surface area contributed by atoms with Gasteiger partial charge in [-0.05, 0) is 44.0 Å². The van der Waals surface area contributed by atoms with Crippen molar-refractivity contribution >= 4 is 28.6 Å². The highest BCUT2D eigenvalue weighted by Crippen LogP contribution is 2.35. The molecular formula is C16H19N3O2S2. The average Bonchev–Trinajstić information content (AvgIpc) is 3.25. The number of thiophene rings is 1. The van der Waals surface area contributed by atoms with E-state index in [2.05, 4.69) is 15.2 Å². The molecule has 1 atom stereocenters. The van der Waals surface area contributed by atoms with Gasteiger partial charge in [-0.3, -0.25) is 4.79 Å². The van der Waals surface area contributed by atoms with Crippen molar-refractivity contribution in [3.8, 4) is 14.9 Å². The van der Waals surface area contributed by atoms with E-state index in [1.54, 1.807) is 13.3 Å². The first-order valence-corrected chi connectivity index (χ1v) is 9.49. The van der Waals surface area contributed by atoms with E-state index in [0.29, 0.717) is 17.2 Å². The van der Waals surface area contributed by atoms with E-state index >= 15 is 0 Å². The summed E-state index contributed by atoms with van der Waals surface area (Å²) in [5, 5.41) is 3.89. The molecule has 3 saturated heterocycles. The summed E-state index contributed by atoms with van der Waals surface area (Å²) in [4.78, 5) is 22.0. The Hall–Kier alpha value is -1.44. The molecule has 5 rings (SSSR count). The summed E-state index contributed by atoms with van der Waals surface area (Å²) in [6.07, 6.45) is 4.22. The largest absolute Gasteiger partial charge is 0.473 e. The van der Waals surface area contributed by atoms with Crippen LogP contribution in [-0.4, -0.2) is 48.6 Å². The number of hydrogen-bond donors (Lipinski definition) is 1. The molecule has 7 heteroatoms. The Kier molecular flexibility index (Phi) is 4.09. The topological polar surface area (TPSA) is 54.5 Å². The van der Waals surface area contributed by atoms with Crippen molar-refractivity contribution in [1.82, 2.24) is 15.2 Å². The number of piperidine rings is 3. The first-order chi connectivity index (χ1) is 11.2. The lowest BCUT2D eigenvalue weighted by molar-refractivity contribution is 0.0622. The molecule has 0 radical (unpaired) electrons. The number of methoxy groups -OCH3 is 1. The fourth-order valence-corrected chi connectivity index (χ4v) is 5.14. The number of carbonyl (C=O) groups excluding carboxylic acids is 1. The van der Waals surface area contributed by atoms with Gasteiger partial charge in [0.15, 0.2) is 0 Å². The van der Waals surface area contributed by atoms with E-state index in [-0.39, 0.29) is 5.91 Å². The van der Waals surface area contributed by atoms with Gasteiger partial charge in [-0.15, -0.1) is 11.3 Å². The van der Waals surface area contributed by atoms with E-state index in [1.807, 2.05) is 12.1 Å². The highest BCUT2D eigenvalue weighted by Gasteiger charge is 2.35. The number of rotatable bonds is 4. The average molecular weight is 349 g/mol. The number of carbonyl (C=O) groups is 1. The molecule has 1 unspecified atom stereocenters. The number of aromatic nitrogens is 1. The second-order valence-electron chi connectivity index (χ2n) is 6.08. The van der Waals surface area contributed by atoms with E-state index in [4.69, 9.17) is 4.74 Å². The van der Waals surface area contributed by atoms with Crippen LogP contribution in [0.2, 0.25) is 0 Å². The SMILES string of the molecule is COc1ncc(-c2ccc(C(=O)NC3CN4CCC3CC4)s2)s1. The molecule has 3 aliphatic heterocycles. The van der Waals surface area contributed by atoms with Crippen LogP contribution in [0.1, 0.15) is 22.5 Å². The van der Waals surface area contributed by atoms with Crippen molar-refractivity contribution in [2.45, 2.75) is 18.9 Å². The highest BCUT2D eigenvalue weighted by atomic mass is 32.1. The molecule has 2 bridgehead atoms. The predicted octanol–water partition coefficient (Wildman–Crippen LogP) is 2.70. The molecule has 1 N–H and O–H groups in total. The minimum Gasteiger partial charge on any atom is -0.473 e. The summed E-state index contributed by atoms with van der Waals surface area (Å²) >= 11 is 3.01. The van der Waals surface area contributed by atoms with Crippen molar-refractivity contribution in [3.05, 3.63) is 23.2 Å². The van der Waals surface area contributed by atoms with Gasteiger partial charge in [-0.2, -0.15) is 0 Å². The first kappa shape index (κ1) is 15.1. The molecule has 3 fully saturated rings. The van der Waals surface area contributed by atoms with Crippen molar-refractivity contribution in [1.29, 1.82) is 0 Å². The zero-order chi connectivity index (χ0) is 15.8. The second kappa shape index (κ2) is 6.22. The van der Waals surface area contributed by atoms with Gasteiger partial charge in [-0.25, -0.2) is 4.98 Å². The van der Waals surface area contributed by atoms with Crippen LogP contribution in [-0.2, 0) is 0 Å². The number of nitrogens with zero attached hydrogens (tertiary/aromatic N) is 2. The molecule has 0 aliphatic carbocycles. The Morgan fingerprint density at radius 1 is 1.30 bits per heavy atom. The van der Waals surface area contributed by atoms with Crippen LogP contribution in [0.25, 0.3) is 9.75 Å². The summed E-state index contributed by atoms with van der Waals surface area (Å²) in [7, 11) is 1.61. The molecule has 1 amide bonds. The smallest absolute Gasteiger partial charge is 0.273 e. The number of fused-ring (bicyclic) bond motifs is 3. The van der Waals surface area contributed by atoms with Crippen LogP contribution < -0.4 is 10.1 Å². The standard InChI is InChI=1S/C16H19N3O2S2/c1-21-16-17-8-14(23-16)12-2-3-13(22-12)15(20)18-11-9-19-6-4-10(11)5-7-19/h2-3,8,10-11H,4-7,9H2,1H3,(H,18,20). The summed E-state index contributed by atoms with van der Waals surface area (Å²) in [6.45, 7) is 3.38. The first-order valence-electron chi connectivity index (χ1n) is 7.86. The lowest BCUT2D eigenvalue weighted by Gasteiger charge is -2.44. The Morgan fingerprint density at radius 3 is 2.78 bits per heavy atom. The van der Waals surface area contributed by atoms with Crippen LogP contribution >= 0.6 is 22.7 Å². The fraction of sp³-hybridized carbons (Fsp3) is 0.500. The molecular weight excluding hydrogens is 330 g/mol. The second-order valence-corrected chi connectivity index (χ2v) is 8.15.